The Hall–Kier alpha value is -2.40. The molecule has 0 fully saturated rings. The Morgan fingerprint density at radius 2 is 1.92 bits per heavy atom. The molecule has 0 aliphatic carbocycles. The zero-order chi connectivity index (χ0) is 17.5. The first-order valence-corrected chi connectivity index (χ1v) is 8.19. The monoisotopic (exact) mass is 326 g/mol. The van der Waals surface area contributed by atoms with Gasteiger partial charge in [0, 0.05) is 12.1 Å². The average Bonchev–Trinajstić information content (AvgIpc) is 2.55. The van der Waals surface area contributed by atoms with Gasteiger partial charge in [-0.3, -0.25) is 4.79 Å². The molecule has 0 unspecified atom stereocenters. The Kier molecular flexibility index (Phi) is 6.32. The molecule has 0 bridgehead atoms. The van der Waals surface area contributed by atoms with E-state index in [2.05, 4.69) is 34.6 Å². The predicted octanol–water partition coefficient (Wildman–Crippen LogP) is 3.31. The molecule has 0 saturated carbocycles. The fraction of sp³-hybridized carbons (Fsp3) is 0.368. The quantitative estimate of drug-likeness (QED) is 0.767. The van der Waals surface area contributed by atoms with Crippen LogP contribution in [-0.4, -0.2) is 43.0 Å². The van der Waals surface area contributed by atoms with E-state index in [-0.39, 0.29) is 5.91 Å². The van der Waals surface area contributed by atoms with Crippen LogP contribution in [0.15, 0.2) is 36.5 Å². The molecule has 0 saturated heterocycles. The van der Waals surface area contributed by atoms with Crippen LogP contribution in [0.4, 0.5) is 11.5 Å². The summed E-state index contributed by atoms with van der Waals surface area (Å²) in [6.07, 6.45) is 2.81. The summed E-state index contributed by atoms with van der Waals surface area (Å²) in [7, 11) is 4.13. The first kappa shape index (κ1) is 17.9. The van der Waals surface area contributed by atoms with Gasteiger partial charge < -0.3 is 15.5 Å². The summed E-state index contributed by atoms with van der Waals surface area (Å²) in [6.45, 7) is 5.97. The molecule has 24 heavy (non-hydrogen) atoms. The molecule has 2 rings (SSSR count). The van der Waals surface area contributed by atoms with Crippen molar-refractivity contribution in [1.82, 2.24) is 9.88 Å². The smallest absolute Gasteiger partial charge is 0.256 e. The minimum Gasteiger partial charge on any atom is -0.384 e. The number of hydrogen-bond acceptors (Lipinski definition) is 4. The van der Waals surface area contributed by atoms with E-state index in [9.17, 15) is 4.79 Å². The van der Waals surface area contributed by atoms with Crippen LogP contribution < -0.4 is 10.6 Å². The molecule has 1 amide bonds. The molecular formula is C19H26N4O. The SMILES string of the molecule is Cc1ccc(C(=O)Nc2ccc(NCCCN(C)C)cn2)cc1C. The Balaban J connectivity index is 1.88. The van der Waals surface area contributed by atoms with Gasteiger partial charge in [-0.1, -0.05) is 6.07 Å². The maximum absolute atomic E-state index is 12.3. The van der Waals surface area contributed by atoms with Gasteiger partial charge in [0.05, 0.1) is 11.9 Å². The van der Waals surface area contributed by atoms with Gasteiger partial charge in [-0.25, -0.2) is 4.98 Å². The van der Waals surface area contributed by atoms with Gasteiger partial charge in [0.25, 0.3) is 5.91 Å². The van der Waals surface area contributed by atoms with Crippen molar-refractivity contribution in [3.05, 3.63) is 53.2 Å². The van der Waals surface area contributed by atoms with Crippen molar-refractivity contribution >= 4 is 17.4 Å². The molecule has 2 N–H and O–H groups in total. The zero-order valence-electron chi connectivity index (χ0n) is 14.9. The Morgan fingerprint density at radius 3 is 2.54 bits per heavy atom. The summed E-state index contributed by atoms with van der Waals surface area (Å²) in [6, 6.07) is 9.42. The number of carbonyl (C=O) groups excluding carboxylic acids is 1. The number of aromatic nitrogens is 1. The van der Waals surface area contributed by atoms with E-state index in [4.69, 9.17) is 0 Å². The molecule has 5 heteroatoms. The van der Waals surface area contributed by atoms with Crippen molar-refractivity contribution in [3.63, 3.8) is 0 Å². The molecule has 0 aliphatic rings. The number of benzene rings is 1. The second kappa shape index (κ2) is 8.45. The summed E-state index contributed by atoms with van der Waals surface area (Å²) in [5.74, 6) is 0.411. The van der Waals surface area contributed by atoms with Crippen LogP contribution in [0.5, 0.6) is 0 Å². The van der Waals surface area contributed by atoms with E-state index in [0.717, 1.165) is 30.8 Å². The molecule has 0 spiro atoms. The van der Waals surface area contributed by atoms with Crippen molar-refractivity contribution < 1.29 is 4.79 Å². The number of anilines is 2. The largest absolute Gasteiger partial charge is 0.384 e. The predicted molar refractivity (Wildman–Crippen MR) is 99.8 cm³/mol. The molecule has 0 radical (unpaired) electrons. The second-order valence-electron chi connectivity index (χ2n) is 6.27. The highest BCUT2D eigenvalue weighted by Crippen LogP contribution is 2.13. The van der Waals surface area contributed by atoms with Crippen molar-refractivity contribution in [2.75, 3.05) is 37.8 Å². The molecule has 1 aromatic heterocycles. The van der Waals surface area contributed by atoms with Crippen LogP contribution in [0.1, 0.15) is 27.9 Å². The summed E-state index contributed by atoms with van der Waals surface area (Å²) >= 11 is 0. The first-order valence-electron chi connectivity index (χ1n) is 8.19. The third kappa shape index (κ3) is 5.35. The van der Waals surface area contributed by atoms with E-state index in [1.54, 1.807) is 6.20 Å². The summed E-state index contributed by atoms with van der Waals surface area (Å²) < 4.78 is 0. The number of hydrogen-bond donors (Lipinski definition) is 2. The van der Waals surface area contributed by atoms with E-state index in [1.807, 2.05) is 44.2 Å². The standard InChI is InChI=1S/C19H26N4O/c1-14-6-7-16(12-15(14)2)19(24)22-18-9-8-17(13-21-18)20-10-5-11-23(3)4/h6-9,12-13,20H,5,10-11H2,1-4H3,(H,21,22,24). The highest BCUT2D eigenvalue weighted by atomic mass is 16.1. The summed E-state index contributed by atoms with van der Waals surface area (Å²) in [4.78, 5) is 18.7. The van der Waals surface area contributed by atoms with Gasteiger partial charge in [-0.2, -0.15) is 0 Å². The van der Waals surface area contributed by atoms with Gasteiger partial charge >= 0.3 is 0 Å². The number of aryl methyl sites for hydroxylation is 2. The van der Waals surface area contributed by atoms with Gasteiger partial charge in [-0.15, -0.1) is 0 Å². The van der Waals surface area contributed by atoms with Crippen LogP contribution in [0.3, 0.4) is 0 Å². The number of amides is 1. The Labute approximate surface area is 144 Å². The van der Waals surface area contributed by atoms with Crippen molar-refractivity contribution in [1.29, 1.82) is 0 Å². The number of nitrogens with one attached hydrogen (secondary N) is 2. The Bertz CT molecular complexity index is 680. The number of pyridine rings is 1. The second-order valence-corrected chi connectivity index (χ2v) is 6.27. The van der Waals surface area contributed by atoms with Crippen molar-refractivity contribution in [3.8, 4) is 0 Å². The normalized spacial score (nSPS) is 10.7. The molecule has 128 valence electrons. The number of nitrogens with zero attached hydrogens (tertiary/aromatic N) is 2. The lowest BCUT2D eigenvalue weighted by Gasteiger charge is -2.11. The average molecular weight is 326 g/mol. The maximum atomic E-state index is 12.3. The zero-order valence-corrected chi connectivity index (χ0v) is 14.9. The summed E-state index contributed by atoms with van der Waals surface area (Å²) in [5.41, 5.74) is 3.88. The van der Waals surface area contributed by atoms with Gasteiger partial charge in [-0.05, 0) is 76.3 Å². The third-order valence-electron chi connectivity index (χ3n) is 3.89. The fourth-order valence-corrected chi connectivity index (χ4v) is 2.27. The van der Waals surface area contributed by atoms with Gasteiger partial charge in [0.2, 0.25) is 0 Å². The summed E-state index contributed by atoms with van der Waals surface area (Å²) in [5, 5.41) is 6.15. The van der Waals surface area contributed by atoms with Crippen LogP contribution in [0.2, 0.25) is 0 Å². The molecule has 1 aromatic carbocycles. The van der Waals surface area contributed by atoms with Crippen molar-refractivity contribution in [2.24, 2.45) is 0 Å². The first-order chi connectivity index (χ1) is 11.5. The van der Waals surface area contributed by atoms with Gasteiger partial charge in [0.1, 0.15) is 5.82 Å². The molecule has 0 atom stereocenters. The van der Waals surface area contributed by atoms with E-state index in [1.165, 1.54) is 5.56 Å². The van der Waals surface area contributed by atoms with E-state index >= 15 is 0 Å². The topological polar surface area (TPSA) is 57.3 Å². The lowest BCUT2D eigenvalue weighted by molar-refractivity contribution is 0.102. The fourth-order valence-electron chi connectivity index (χ4n) is 2.27. The molecule has 2 aromatic rings. The highest BCUT2D eigenvalue weighted by molar-refractivity contribution is 6.03. The maximum Gasteiger partial charge on any atom is 0.256 e. The molecular weight excluding hydrogens is 300 g/mol. The minimum atomic E-state index is -0.141. The molecule has 0 aliphatic heterocycles. The van der Waals surface area contributed by atoms with Crippen LogP contribution in [0.25, 0.3) is 0 Å². The lowest BCUT2D eigenvalue weighted by atomic mass is 10.1. The molecule has 5 nitrogen and oxygen atoms in total. The number of rotatable bonds is 7. The minimum absolute atomic E-state index is 0.141. The van der Waals surface area contributed by atoms with Crippen LogP contribution >= 0.6 is 0 Å². The van der Waals surface area contributed by atoms with Crippen LogP contribution in [-0.2, 0) is 0 Å². The Morgan fingerprint density at radius 1 is 1.12 bits per heavy atom. The van der Waals surface area contributed by atoms with Crippen molar-refractivity contribution in [2.45, 2.75) is 20.3 Å². The lowest BCUT2D eigenvalue weighted by Crippen LogP contribution is -2.16. The number of carbonyl (C=O) groups is 1. The van der Waals surface area contributed by atoms with E-state index in [0.29, 0.717) is 11.4 Å². The van der Waals surface area contributed by atoms with Crippen LogP contribution in [0, 0.1) is 13.8 Å². The van der Waals surface area contributed by atoms with Gasteiger partial charge in [0.15, 0.2) is 0 Å². The third-order valence-corrected chi connectivity index (χ3v) is 3.89. The molecule has 1 heterocycles. The highest BCUT2D eigenvalue weighted by Gasteiger charge is 2.07. The van der Waals surface area contributed by atoms with E-state index < -0.39 is 0 Å².